The molecular formula is C21H25N3O3. The third-order valence-electron chi connectivity index (χ3n) is 4.96. The monoisotopic (exact) mass is 367 g/mol. The van der Waals surface area contributed by atoms with Crippen LogP contribution in [0.2, 0.25) is 0 Å². The van der Waals surface area contributed by atoms with E-state index >= 15 is 0 Å². The fraction of sp³-hybridized carbons (Fsp3) is 0.381. The first kappa shape index (κ1) is 17.7. The van der Waals surface area contributed by atoms with Gasteiger partial charge in [-0.3, -0.25) is 9.69 Å². The van der Waals surface area contributed by atoms with Gasteiger partial charge in [0.05, 0.1) is 13.1 Å². The van der Waals surface area contributed by atoms with Gasteiger partial charge in [-0.25, -0.2) is 0 Å². The van der Waals surface area contributed by atoms with Crippen molar-refractivity contribution >= 4 is 11.6 Å². The summed E-state index contributed by atoms with van der Waals surface area (Å²) in [6.07, 6.45) is -0.154. The van der Waals surface area contributed by atoms with Crippen molar-refractivity contribution < 1.29 is 14.3 Å². The van der Waals surface area contributed by atoms with Gasteiger partial charge in [0.15, 0.2) is 11.5 Å². The number of hydrogen-bond donors (Lipinski definition) is 1. The molecule has 6 nitrogen and oxygen atoms in total. The van der Waals surface area contributed by atoms with Crippen molar-refractivity contribution in [2.24, 2.45) is 0 Å². The molecule has 0 spiro atoms. The molecule has 6 heteroatoms. The van der Waals surface area contributed by atoms with Gasteiger partial charge in [0.1, 0.15) is 12.7 Å². The van der Waals surface area contributed by atoms with Crippen molar-refractivity contribution in [1.29, 1.82) is 0 Å². The first-order valence-electron chi connectivity index (χ1n) is 9.45. The molecule has 1 amide bonds. The second-order valence-electron chi connectivity index (χ2n) is 6.90. The summed E-state index contributed by atoms with van der Waals surface area (Å²) >= 11 is 0. The van der Waals surface area contributed by atoms with E-state index in [1.807, 2.05) is 30.3 Å². The van der Waals surface area contributed by atoms with E-state index in [2.05, 4.69) is 39.4 Å². The van der Waals surface area contributed by atoms with Crippen molar-refractivity contribution in [3.63, 3.8) is 0 Å². The van der Waals surface area contributed by atoms with Crippen LogP contribution in [0, 0.1) is 0 Å². The van der Waals surface area contributed by atoms with Crippen LogP contribution in [0.25, 0.3) is 0 Å². The third-order valence-corrected chi connectivity index (χ3v) is 4.96. The maximum Gasteiger partial charge on any atom is 0.234 e. The van der Waals surface area contributed by atoms with Gasteiger partial charge in [0.2, 0.25) is 5.91 Å². The summed E-state index contributed by atoms with van der Waals surface area (Å²) < 4.78 is 11.6. The molecule has 1 atom stereocenters. The normalized spacial score (nSPS) is 19.6. The van der Waals surface area contributed by atoms with Crippen LogP contribution in [0.1, 0.15) is 0 Å². The highest BCUT2D eigenvalue weighted by Crippen LogP contribution is 2.30. The van der Waals surface area contributed by atoms with Gasteiger partial charge < -0.3 is 19.7 Å². The number of benzene rings is 2. The Kier molecular flexibility index (Phi) is 5.44. The van der Waals surface area contributed by atoms with Crippen LogP contribution in [-0.2, 0) is 4.79 Å². The molecule has 4 rings (SSSR count). The van der Waals surface area contributed by atoms with Crippen LogP contribution in [0.4, 0.5) is 5.69 Å². The largest absolute Gasteiger partial charge is 0.486 e. The predicted molar refractivity (Wildman–Crippen MR) is 104 cm³/mol. The molecule has 27 heavy (non-hydrogen) atoms. The molecule has 2 heterocycles. The van der Waals surface area contributed by atoms with Crippen molar-refractivity contribution in [2.45, 2.75) is 6.10 Å². The Hall–Kier alpha value is -2.73. The number of anilines is 1. The Labute approximate surface area is 159 Å². The first-order valence-corrected chi connectivity index (χ1v) is 9.45. The number of hydrogen-bond acceptors (Lipinski definition) is 5. The van der Waals surface area contributed by atoms with Crippen molar-refractivity contribution in [1.82, 2.24) is 10.2 Å². The molecule has 0 aliphatic carbocycles. The van der Waals surface area contributed by atoms with E-state index in [-0.39, 0.29) is 12.0 Å². The summed E-state index contributed by atoms with van der Waals surface area (Å²) in [6.45, 7) is 4.98. The molecule has 1 fully saturated rings. The average molecular weight is 367 g/mol. The summed E-state index contributed by atoms with van der Waals surface area (Å²) in [7, 11) is 0. The van der Waals surface area contributed by atoms with E-state index in [0.29, 0.717) is 19.7 Å². The highest BCUT2D eigenvalue weighted by Gasteiger charge is 2.22. The molecule has 1 N–H and O–H groups in total. The molecule has 1 saturated heterocycles. The molecule has 1 unspecified atom stereocenters. The number of fused-ring (bicyclic) bond motifs is 1. The highest BCUT2D eigenvalue weighted by molar-refractivity contribution is 5.78. The summed E-state index contributed by atoms with van der Waals surface area (Å²) in [6, 6.07) is 18.0. The van der Waals surface area contributed by atoms with E-state index in [4.69, 9.17) is 9.47 Å². The van der Waals surface area contributed by atoms with Crippen molar-refractivity contribution in [3.05, 3.63) is 54.6 Å². The summed E-state index contributed by atoms with van der Waals surface area (Å²) in [5, 5.41) is 2.97. The summed E-state index contributed by atoms with van der Waals surface area (Å²) in [4.78, 5) is 16.8. The van der Waals surface area contributed by atoms with Crippen LogP contribution >= 0.6 is 0 Å². The minimum Gasteiger partial charge on any atom is -0.486 e. The van der Waals surface area contributed by atoms with Gasteiger partial charge >= 0.3 is 0 Å². The number of nitrogens with zero attached hydrogens (tertiary/aromatic N) is 2. The number of ether oxygens (including phenoxy) is 2. The third kappa shape index (κ3) is 4.52. The minimum atomic E-state index is -0.154. The SMILES string of the molecule is O=C(CN1CCN(c2ccccc2)CC1)NCC1COc2ccccc2O1. The van der Waals surface area contributed by atoms with Gasteiger partial charge in [0.25, 0.3) is 0 Å². The zero-order chi connectivity index (χ0) is 18.5. The Morgan fingerprint density at radius 3 is 2.44 bits per heavy atom. The lowest BCUT2D eigenvalue weighted by Gasteiger charge is -2.35. The van der Waals surface area contributed by atoms with Crippen molar-refractivity contribution in [2.75, 3.05) is 50.8 Å². The van der Waals surface area contributed by atoms with Crippen molar-refractivity contribution in [3.8, 4) is 11.5 Å². The molecule has 0 bridgehead atoms. The van der Waals surface area contributed by atoms with E-state index in [9.17, 15) is 4.79 Å². The number of para-hydroxylation sites is 3. The van der Waals surface area contributed by atoms with Gasteiger partial charge in [-0.05, 0) is 24.3 Å². The average Bonchev–Trinajstić information content (AvgIpc) is 2.73. The van der Waals surface area contributed by atoms with Gasteiger partial charge in [0, 0.05) is 31.9 Å². The molecule has 0 aromatic heterocycles. The zero-order valence-corrected chi connectivity index (χ0v) is 15.3. The Balaban J connectivity index is 1.19. The molecule has 0 radical (unpaired) electrons. The Morgan fingerprint density at radius 2 is 1.67 bits per heavy atom. The smallest absolute Gasteiger partial charge is 0.234 e. The molecular weight excluding hydrogens is 342 g/mol. The Bertz CT molecular complexity index is 760. The lowest BCUT2D eigenvalue weighted by atomic mass is 10.2. The summed E-state index contributed by atoms with van der Waals surface area (Å²) in [5.74, 6) is 1.53. The lowest BCUT2D eigenvalue weighted by Crippen LogP contribution is -2.50. The predicted octanol–water partition coefficient (Wildman–Crippen LogP) is 1.76. The maximum atomic E-state index is 12.3. The molecule has 2 aliphatic rings. The lowest BCUT2D eigenvalue weighted by molar-refractivity contribution is -0.122. The summed E-state index contributed by atoms with van der Waals surface area (Å²) in [5.41, 5.74) is 1.25. The number of nitrogens with one attached hydrogen (secondary N) is 1. The van der Waals surface area contributed by atoms with E-state index < -0.39 is 0 Å². The van der Waals surface area contributed by atoms with E-state index in [1.165, 1.54) is 5.69 Å². The number of carbonyl (C=O) groups excluding carboxylic acids is 1. The maximum absolute atomic E-state index is 12.3. The van der Waals surface area contributed by atoms with Crippen LogP contribution in [0.15, 0.2) is 54.6 Å². The molecule has 0 saturated carbocycles. The quantitative estimate of drug-likeness (QED) is 0.873. The van der Waals surface area contributed by atoms with Crippen LogP contribution < -0.4 is 19.7 Å². The fourth-order valence-corrected chi connectivity index (χ4v) is 3.45. The molecule has 2 aromatic rings. The van der Waals surface area contributed by atoms with Crippen LogP contribution in [0.5, 0.6) is 11.5 Å². The standard InChI is InChI=1S/C21H25N3O3/c25-21(22-14-18-16-26-19-8-4-5-9-20(19)27-18)15-23-10-12-24(13-11-23)17-6-2-1-3-7-17/h1-9,18H,10-16H2,(H,22,25). The van der Waals surface area contributed by atoms with Gasteiger partial charge in [-0.2, -0.15) is 0 Å². The van der Waals surface area contributed by atoms with E-state index in [0.717, 1.165) is 37.7 Å². The number of piperazine rings is 1. The van der Waals surface area contributed by atoms with Gasteiger partial charge in [-0.15, -0.1) is 0 Å². The topological polar surface area (TPSA) is 54.0 Å². The highest BCUT2D eigenvalue weighted by atomic mass is 16.6. The number of rotatable bonds is 5. The zero-order valence-electron chi connectivity index (χ0n) is 15.3. The number of carbonyl (C=O) groups is 1. The van der Waals surface area contributed by atoms with E-state index in [1.54, 1.807) is 0 Å². The Morgan fingerprint density at radius 1 is 0.963 bits per heavy atom. The van der Waals surface area contributed by atoms with Gasteiger partial charge in [-0.1, -0.05) is 30.3 Å². The molecule has 2 aromatic carbocycles. The number of amides is 1. The second kappa shape index (κ2) is 8.31. The molecule has 142 valence electrons. The van der Waals surface area contributed by atoms with Crippen LogP contribution in [0.3, 0.4) is 0 Å². The first-order chi connectivity index (χ1) is 13.3. The fourth-order valence-electron chi connectivity index (χ4n) is 3.45. The minimum absolute atomic E-state index is 0.0330. The second-order valence-corrected chi connectivity index (χ2v) is 6.90. The molecule has 2 aliphatic heterocycles. The van der Waals surface area contributed by atoms with Crippen LogP contribution in [-0.4, -0.2) is 62.8 Å².